The molecule has 0 bridgehead atoms. The van der Waals surface area contributed by atoms with Crippen molar-refractivity contribution in [1.82, 2.24) is 4.90 Å². The lowest BCUT2D eigenvalue weighted by atomic mass is 10.1. The van der Waals surface area contributed by atoms with Gasteiger partial charge in [-0.1, -0.05) is 6.07 Å². The summed E-state index contributed by atoms with van der Waals surface area (Å²) >= 11 is 0. The minimum absolute atomic E-state index is 0.0773. The maximum Gasteiger partial charge on any atom is 0.307 e. The molecule has 2 rings (SSSR count). The maximum absolute atomic E-state index is 12.4. The predicted octanol–water partition coefficient (Wildman–Crippen LogP) is 1.60. The quantitative estimate of drug-likeness (QED) is 0.725. The Morgan fingerprint density at radius 2 is 2.00 bits per heavy atom. The average Bonchev–Trinajstić information content (AvgIpc) is 2.84. The van der Waals surface area contributed by atoms with Crippen molar-refractivity contribution in [3.05, 3.63) is 23.8 Å². The van der Waals surface area contributed by atoms with E-state index in [-0.39, 0.29) is 41.6 Å². The number of nitrogens with zero attached hydrogens (tertiary/aromatic N) is 1. The van der Waals surface area contributed by atoms with Crippen LogP contribution in [0.1, 0.15) is 32.8 Å². The number of carboxylic acid groups (broad SMARTS) is 1. The summed E-state index contributed by atoms with van der Waals surface area (Å²) in [6, 6.07) is 4.26. The predicted molar refractivity (Wildman–Crippen MR) is 87.6 cm³/mol. The molecule has 7 heteroatoms. The second-order valence-electron chi connectivity index (χ2n) is 6.99. The molecule has 7 nitrogen and oxygen atoms in total. The van der Waals surface area contributed by atoms with Gasteiger partial charge in [0.1, 0.15) is 5.75 Å². The summed E-state index contributed by atoms with van der Waals surface area (Å²) in [5.74, 6) is -2.08. The Morgan fingerprint density at radius 1 is 1.33 bits per heavy atom. The molecule has 1 unspecified atom stereocenters. The Labute approximate surface area is 140 Å². The highest BCUT2D eigenvalue weighted by Gasteiger charge is 2.39. The van der Waals surface area contributed by atoms with Gasteiger partial charge in [0.25, 0.3) is 0 Å². The number of carbonyl (C=O) groups is 3. The minimum Gasteiger partial charge on any atom is -0.506 e. The molecule has 130 valence electrons. The van der Waals surface area contributed by atoms with Crippen molar-refractivity contribution >= 4 is 23.5 Å². The van der Waals surface area contributed by atoms with E-state index in [0.717, 1.165) is 0 Å². The second kappa shape index (κ2) is 6.51. The van der Waals surface area contributed by atoms with Crippen LogP contribution in [0.25, 0.3) is 0 Å². The van der Waals surface area contributed by atoms with Crippen LogP contribution in [-0.2, 0) is 20.8 Å². The van der Waals surface area contributed by atoms with Crippen molar-refractivity contribution in [1.29, 1.82) is 0 Å². The normalized spacial score (nSPS) is 17.9. The number of nitrogens with one attached hydrogen (secondary N) is 1. The summed E-state index contributed by atoms with van der Waals surface area (Å²) in [4.78, 5) is 36.9. The van der Waals surface area contributed by atoms with Gasteiger partial charge in [0, 0.05) is 18.5 Å². The number of benzene rings is 1. The summed E-state index contributed by atoms with van der Waals surface area (Å²) < 4.78 is 0. The molecule has 1 aliphatic heterocycles. The highest BCUT2D eigenvalue weighted by Crippen LogP contribution is 2.29. The van der Waals surface area contributed by atoms with E-state index in [9.17, 15) is 19.5 Å². The van der Waals surface area contributed by atoms with E-state index in [2.05, 4.69) is 5.32 Å². The number of aromatic hydroxyl groups is 1. The molecule has 0 spiro atoms. The van der Waals surface area contributed by atoms with E-state index in [0.29, 0.717) is 12.1 Å². The molecule has 1 atom stereocenters. The molecule has 0 radical (unpaired) electrons. The van der Waals surface area contributed by atoms with Gasteiger partial charge in [0.2, 0.25) is 11.8 Å². The van der Waals surface area contributed by atoms with E-state index >= 15 is 0 Å². The molecule has 1 aliphatic rings. The number of carbonyl (C=O) groups excluding carboxylic acids is 2. The van der Waals surface area contributed by atoms with Crippen molar-refractivity contribution < 1.29 is 24.6 Å². The number of aliphatic carboxylic acids is 1. The number of hydrogen-bond acceptors (Lipinski definition) is 4. The Balaban J connectivity index is 2.10. The third kappa shape index (κ3) is 4.04. The molecule has 2 amide bonds. The molecule has 1 fully saturated rings. The van der Waals surface area contributed by atoms with Gasteiger partial charge in [-0.3, -0.25) is 14.4 Å². The van der Waals surface area contributed by atoms with E-state index in [1.54, 1.807) is 4.90 Å². The van der Waals surface area contributed by atoms with Crippen LogP contribution < -0.4 is 5.32 Å². The number of phenols is 1. The molecule has 3 N–H and O–H groups in total. The number of rotatable bonds is 4. The van der Waals surface area contributed by atoms with Crippen LogP contribution in [0.15, 0.2) is 18.2 Å². The Hall–Kier alpha value is -2.57. The summed E-state index contributed by atoms with van der Waals surface area (Å²) in [7, 11) is 0. The van der Waals surface area contributed by atoms with E-state index in [1.807, 2.05) is 20.8 Å². The number of hydrogen-bond donors (Lipinski definition) is 3. The Bertz CT molecular complexity index is 678. The van der Waals surface area contributed by atoms with E-state index < -0.39 is 11.9 Å². The molecular weight excluding hydrogens is 312 g/mol. The number of phenolic OH excluding ortho intramolecular Hbond substituents is 1. The van der Waals surface area contributed by atoms with Crippen LogP contribution in [-0.4, -0.2) is 45.0 Å². The zero-order valence-corrected chi connectivity index (χ0v) is 14.0. The van der Waals surface area contributed by atoms with E-state index in [4.69, 9.17) is 5.11 Å². The van der Waals surface area contributed by atoms with Crippen LogP contribution in [0.5, 0.6) is 5.75 Å². The van der Waals surface area contributed by atoms with Crippen molar-refractivity contribution in [3.63, 3.8) is 0 Å². The average molecular weight is 334 g/mol. The Kier molecular flexibility index (Phi) is 4.82. The SMILES string of the molecule is CC(C)(C)N1CC(C(=O)Nc2cc(CC(=O)O)ccc2O)CC1=O. The summed E-state index contributed by atoms with van der Waals surface area (Å²) in [6.07, 6.45) is -0.0818. The van der Waals surface area contributed by atoms with Crippen LogP contribution in [0, 0.1) is 5.92 Å². The van der Waals surface area contributed by atoms with Gasteiger partial charge >= 0.3 is 5.97 Å². The molecule has 0 aliphatic carbocycles. The highest BCUT2D eigenvalue weighted by molar-refractivity contribution is 5.98. The fraction of sp³-hybridized carbons (Fsp3) is 0.471. The first kappa shape index (κ1) is 17.8. The maximum atomic E-state index is 12.4. The third-order valence-electron chi connectivity index (χ3n) is 3.98. The van der Waals surface area contributed by atoms with Crippen LogP contribution in [0.2, 0.25) is 0 Å². The molecule has 0 saturated carbocycles. The lowest BCUT2D eigenvalue weighted by molar-refractivity contribution is -0.136. The zero-order chi connectivity index (χ0) is 18.1. The molecular formula is C17H22N2O5. The highest BCUT2D eigenvalue weighted by atomic mass is 16.4. The van der Waals surface area contributed by atoms with Gasteiger partial charge in [0.15, 0.2) is 0 Å². The van der Waals surface area contributed by atoms with E-state index in [1.165, 1.54) is 18.2 Å². The van der Waals surface area contributed by atoms with Crippen LogP contribution in [0.3, 0.4) is 0 Å². The van der Waals surface area contributed by atoms with Gasteiger partial charge in [-0.2, -0.15) is 0 Å². The topological polar surface area (TPSA) is 107 Å². The smallest absolute Gasteiger partial charge is 0.307 e. The van der Waals surface area contributed by atoms with Gasteiger partial charge in [-0.25, -0.2) is 0 Å². The summed E-state index contributed by atoms with van der Waals surface area (Å²) in [5, 5.41) is 21.3. The van der Waals surface area contributed by atoms with Crippen LogP contribution >= 0.6 is 0 Å². The first-order valence-electron chi connectivity index (χ1n) is 7.73. The largest absolute Gasteiger partial charge is 0.506 e. The first-order chi connectivity index (χ1) is 11.1. The minimum atomic E-state index is -1.000. The van der Waals surface area contributed by atoms with Gasteiger partial charge < -0.3 is 20.4 Å². The molecule has 1 aromatic rings. The monoisotopic (exact) mass is 334 g/mol. The Morgan fingerprint density at radius 3 is 2.54 bits per heavy atom. The molecule has 24 heavy (non-hydrogen) atoms. The second-order valence-corrected chi connectivity index (χ2v) is 6.99. The number of anilines is 1. The summed E-state index contributed by atoms with van der Waals surface area (Å²) in [6.45, 7) is 6.05. The fourth-order valence-electron chi connectivity index (χ4n) is 2.73. The molecule has 1 saturated heterocycles. The van der Waals surface area contributed by atoms with Gasteiger partial charge in [-0.15, -0.1) is 0 Å². The molecule has 0 aromatic heterocycles. The fourth-order valence-corrected chi connectivity index (χ4v) is 2.73. The van der Waals surface area contributed by atoms with Crippen molar-refractivity contribution in [2.75, 3.05) is 11.9 Å². The van der Waals surface area contributed by atoms with Gasteiger partial charge in [-0.05, 0) is 38.5 Å². The number of amides is 2. The standard InChI is InChI=1S/C17H22N2O5/c1-17(2,3)19-9-11(8-14(19)21)16(24)18-12-6-10(7-15(22)23)4-5-13(12)20/h4-6,11,20H,7-9H2,1-3H3,(H,18,24)(H,22,23). The lowest BCUT2D eigenvalue weighted by Crippen LogP contribution is -2.42. The number of carboxylic acids is 1. The van der Waals surface area contributed by atoms with Gasteiger partial charge in [0.05, 0.1) is 18.0 Å². The van der Waals surface area contributed by atoms with Crippen molar-refractivity contribution in [3.8, 4) is 5.75 Å². The first-order valence-corrected chi connectivity index (χ1v) is 7.73. The zero-order valence-electron chi connectivity index (χ0n) is 14.0. The lowest BCUT2D eigenvalue weighted by Gasteiger charge is -2.31. The van der Waals surface area contributed by atoms with Crippen molar-refractivity contribution in [2.45, 2.75) is 39.2 Å². The molecule has 1 aromatic carbocycles. The third-order valence-corrected chi connectivity index (χ3v) is 3.98. The molecule has 1 heterocycles. The van der Waals surface area contributed by atoms with Crippen molar-refractivity contribution in [2.24, 2.45) is 5.92 Å². The number of likely N-dealkylation sites (tertiary alicyclic amines) is 1. The van der Waals surface area contributed by atoms with Crippen LogP contribution in [0.4, 0.5) is 5.69 Å². The summed E-state index contributed by atoms with van der Waals surface area (Å²) in [5.41, 5.74) is 0.269.